The number of hydrazine groups is 1. The molecule has 0 bridgehead atoms. The molecular weight excluding hydrogens is 469 g/mol. The van der Waals surface area contributed by atoms with Crippen LogP contribution in [0.4, 0.5) is 0 Å². The molecular formula is C23H23Cl2N3O5. The van der Waals surface area contributed by atoms with E-state index in [0.29, 0.717) is 45.4 Å². The fourth-order valence-corrected chi connectivity index (χ4v) is 3.30. The minimum absolute atomic E-state index is 0.0582. The Morgan fingerprint density at radius 2 is 1.82 bits per heavy atom. The summed E-state index contributed by atoms with van der Waals surface area (Å²) in [5.74, 6) is 1.16. The smallest absolute Gasteiger partial charge is 0.279 e. The van der Waals surface area contributed by atoms with Crippen LogP contribution in [0.5, 0.6) is 11.5 Å². The molecule has 0 spiro atoms. The molecule has 3 rings (SSSR count). The van der Waals surface area contributed by atoms with Crippen molar-refractivity contribution >= 4 is 35.0 Å². The van der Waals surface area contributed by atoms with Crippen LogP contribution < -0.4 is 20.3 Å². The van der Waals surface area contributed by atoms with Crippen molar-refractivity contribution < 1.29 is 23.5 Å². The highest BCUT2D eigenvalue weighted by molar-refractivity contribution is 6.36. The SMILES string of the molecule is CCOc1ccc(OC(C)C(=O)NNC(=O)CCc2ncc(-c3ccc(Cl)cc3Cl)o2)cc1. The van der Waals surface area contributed by atoms with E-state index < -0.39 is 17.9 Å². The van der Waals surface area contributed by atoms with E-state index in [0.717, 1.165) is 0 Å². The number of hydrogen-bond acceptors (Lipinski definition) is 6. The molecule has 174 valence electrons. The predicted molar refractivity (Wildman–Crippen MR) is 124 cm³/mol. The first kappa shape index (κ1) is 24.4. The molecule has 0 aliphatic carbocycles. The molecule has 3 aromatic rings. The standard InChI is InChI=1S/C23H23Cl2N3O5/c1-3-31-16-5-7-17(8-6-16)32-14(2)23(30)28-27-21(29)10-11-22-26-13-20(33-22)18-9-4-15(24)12-19(18)25/h4-9,12-14H,3,10-11H2,1-2H3,(H,27,29)(H,28,30). The molecule has 0 fully saturated rings. The van der Waals surface area contributed by atoms with Gasteiger partial charge in [-0.3, -0.25) is 20.4 Å². The van der Waals surface area contributed by atoms with Crippen LogP contribution >= 0.6 is 23.2 Å². The molecule has 0 aliphatic heterocycles. The molecule has 1 atom stereocenters. The molecule has 0 radical (unpaired) electrons. The first-order valence-corrected chi connectivity index (χ1v) is 11.0. The number of aromatic nitrogens is 1. The summed E-state index contributed by atoms with van der Waals surface area (Å²) >= 11 is 12.1. The third-order valence-corrected chi connectivity index (χ3v) is 5.01. The van der Waals surface area contributed by atoms with Crippen LogP contribution in [0.25, 0.3) is 11.3 Å². The van der Waals surface area contributed by atoms with E-state index in [4.69, 9.17) is 37.1 Å². The molecule has 8 nitrogen and oxygen atoms in total. The van der Waals surface area contributed by atoms with E-state index in [1.165, 1.54) is 6.20 Å². The molecule has 10 heteroatoms. The third kappa shape index (κ3) is 7.13. The number of ether oxygens (including phenoxy) is 2. The number of carbonyl (C=O) groups is 2. The van der Waals surface area contributed by atoms with Crippen molar-refractivity contribution in [3.8, 4) is 22.8 Å². The number of nitrogens with one attached hydrogen (secondary N) is 2. The minimum atomic E-state index is -0.818. The summed E-state index contributed by atoms with van der Waals surface area (Å²) in [6, 6.07) is 11.9. The van der Waals surface area contributed by atoms with Crippen molar-refractivity contribution in [1.82, 2.24) is 15.8 Å². The highest BCUT2D eigenvalue weighted by atomic mass is 35.5. The van der Waals surface area contributed by atoms with Gasteiger partial charge in [-0.25, -0.2) is 4.98 Å². The third-order valence-electron chi connectivity index (χ3n) is 4.46. The van der Waals surface area contributed by atoms with Gasteiger partial charge in [0.15, 0.2) is 17.8 Å². The van der Waals surface area contributed by atoms with Crippen LogP contribution in [0.1, 0.15) is 26.2 Å². The van der Waals surface area contributed by atoms with E-state index in [1.807, 2.05) is 6.92 Å². The number of amides is 2. The maximum Gasteiger partial charge on any atom is 0.279 e. The molecule has 2 amide bonds. The zero-order chi connectivity index (χ0) is 23.8. The second-order valence-corrected chi connectivity index (χ2v) is 7.79. The summed E-state index contributed by atoms with van der Waals surface area (Å²) < 4.78 is 16.6. The van der Waals surface area contributed by atoms with Crippen LogP contribution in [-0.2, 0) is 16.0 Å². The van der Waals surface area contributed by atoms with Gasteiger partial charge >= 0.3 is 0 Å². The Balaban J connectivity index is 1.42. The average molecular weight is 492 g/mol. The summed E-state index contributed by atoms with van der Waals surface area (Å²) in [4.78, 5) is 28.4. The Hall–Kier alpha value is -3.23. The van der Waals surface area contributed by atoms with E-state index in [1.54, 1.807) is 49.4 Å². The Kier molecular flexibility index (Phi) is 8.57. The summed E-state index contributed by atoms with van der Waals surface area (Å²) in [5, 5.41) is 0.952. The number of rotatable bonds is 9. The molecule has 0 aliphatic rings. The maximum atomic E-state index is 12.2. The van der Waals surface area contributed by atoms with Gasteiger partial charge in [-0.2, -0.15) is 0 Å². The topological polar surface area (TPSA) is 103 Å². The number of aryl methyl sites for hydroxylation is 1. The normalized spacial score (nSPS) is 11.5. The lowest BCUT2D eigenvalue weighted by molar-refractivity contribution is -0.132. The zero-order valence-electron chi connectivity index (χ0n) is 18.1. The largest absolute Gasteiger partial charge is 0.494 e. The number of oxazole rings is 1. The van der Waals surface area contributed by atoms with Crippen molar-refractivity contribution in [3.63, 3.8) is 0 Å². The second-order valence-electron chi connectivity index (χ2n) is 6.94. The Morgan fingerprint density at radius 3 is 2.52 bits per heavy atom. The van der Waals surface area contributed by atoms with Gasteiger partial charge in [-0.1, -0.05) is 23.2 Å². The summed E-state index contributed by atoms with van der Waals surface area (Å²) in [7, 11) is 0. The van der Waals surface area contributed by atoms with Crippen molar-refractivity contribution in [3.05, 3.63) is 64.6 Å². The van der Waals surface area contributed by atoms with Gasteiger partial charge in [0.1, 0.15) is 11.5 Å². The predicted octanol–water partition coefficient (Wildman–Crippen LogP) is 4.59. The quantitative estimate of drug-likeness (QED) is 0.424. The highest BCUT2D eigenvalue weighted by Crippen LogP contribution is 2.30. The highest BCUT2D eigenvalue weighted by Gasteiger charge is 2.16. The number of hydrogen-bond donors (Lipinski definition) is 2. The molecule has 2 aromatic carbocycles. The Morgan fingerprint density at radius 1 is 1.09 bits per heavy atom. The lowest BCUT2D eigenvalue weighted by Crippen LogP contribution is -2.47. The van der Waals surface area contributed by atoms with Crippen molar-refractivity contribution in [2.24, 2.45) is 0 Å². The van der Waals surface area contributed by atoms with Crippen LogP contribution in [0, 0.1) is 0 Å². The molecule has 0 saturated carbocycles. The number of halogens is 2. The molecule has 1 heterocycles. The van der Waals surface area contributed by atoms with Crippen molar-refractivity contribution in [2.75, 3.05) is 6.61 Å². The lowest BCUT2D eigenvalue weighted by Gasteiger charge is -2.15. The average Bonchev–Trinajstić information content (AvgIpc) is 3.26. The number of carbonyl (C=O) groups excluding carboxylic acids is 2. The minimum Gasteiger partial charge on any atom is -0.494 e. The van der Waals surface area contributed by atoms with Crippen molar-refractivity contribution in [2.45, 2.75) is 32.8 Å². The molecule has 2 N–H and O–H groups in total. The Labute approximate surface area is 201 Å². The fraction of sp³-hybridized carbons (Fsp3) is 0.261. The van der Waals surface area contributed by atoms with Gasteiger partial charge in [-0.05, 0) is 56.3 Å². The van der Waals surface area contributed by atoms with Crippen LogP contribution in [0.2, 0.25) is 10.0 Å². The second kappa shape index (κ2) is 11.6. The number of nitrogens with zero attached hydrogens (tertiary/aromatic N) is 1. The monoisotopic (exact) mass is 491 g/mol. The van der Waals surface area contributed by atoms with Gasteiger partial charge in [-0.15, -0.1) is 0 Å². The Bertz CT molecular complexity index is 1100. The fourth-order valence-electron chi connectivity index (χ4n) is 2.79. The number of benzene rings is 2. The van der Waals surface area contributed by atoms with Gasteiger partial charge < -0.3 is 13.9 Å². The summed E-state index contributed by atoms with van der Waals surface area (Å²) in [6.45, 7) is 4.03. The molecule has 33 heavy (non-hydrogen) atoms. The van der Waals surface area contributed by atoms with E-state index in [2.05, 4.69) is 15.8 Å². The molecule has 1 unspecified atom stereocenters. The zero-order valence-corrected chi connectivity index (χ0v) is 19.6. The van der Waals surface area contributed by atoms with Crippen LogP contribution in [0.3, 0.4) is 0 Å². The van der Waals surface area contributed by atoms with Gasteiger partial charge in [0.2, 0.25) is 5.91 Å². The maximum absolute atomic E-state index is 12.2. The van der Waals surface area contributed by atoms with Crippen LogP contribution in [0.15, 0.2) is 53.1 Å². The lowest BCUT2D eigenvalue weighted by atomic mass is 10.2. The van der Waals surface area contributed by atoms with Gasteiger partial charge in [0, 0.05) is 23.4 Å². The summed E-state index contributed by atoms with van der Waals surface area (Å²) in [5.41, 5.74) is 5.35. The first-order valence-electron chi connectivity index (χ1n) is 10.2. The van der Waals surface area contributed by atoms with Gasteiger partial charge in [0.05, 0.1) is 17.8 Å². The van der Waals surface area contributed by atoms with Crippen LogP contribution in [-0.4, -0.2) is 29.5 Å². The summed E-state index contributed by atoms with van der Waals surface area (Å²) in [6.07, 6.45) is 1.01. The van der Waals surface area contributed by atoms with E-state index in [-0.39, 0.29) is 12.8 Å². The molecule has 0 saturated heterocycles. The van der Waals surface area contributed by atoms with Gasteiger partial charge in [0.25, 0.3) is 5.91 Å². The first-order chi connectivity index (χ1) is 15.9. The van der Waals surface area contributed by atoms with Crippen molar-refractivity contribution in [1.29, 1.82) is 0 Å². The van der Waals surface area contributed by atoms with E-state index >= 15 is 0 Å². The van der Waals surface area contributed by atoms with E-state index in [9.17, 15) is 9.59 Å². The molecule has 1 aromatic heterocycles.